The van der Waals surface area contributed by atoms with E-state index in [9.17, 15) is 4.79 Å². The SMILES string of the molecule is CC(C)CCCCCCCCOC(=O)CC12CC3CC(CC(C3)C1)C2. The van der Waals surface area contributed by atoms with E-state index in [-0.39, 0.29) is 5.97 Å². The van der Waals surface area contributed by atoms with E-state index in [1.165, 1.54) is 77.0 Å². The van der Waals surface area contributed by atoms with Gasteiger partial charge in [0.2, 0.25) is 0 Å². The van der Waals surface area contributed by atoms with Gasteiger partial charge in [0.25, 0.3) is 0 Å². The molecule has 0 saturated heterocycles. The lowest BCUT2D eigenvalue weighted by Crippen LogP contribution is -2.47. The van der Waals surface area contributed by atoms with Gasteiger partial charge in [0.1, 0.15) is 0 Å². The van der Waals surface area contributed by atoms with Crippen LogP contribution in [0, 0.1) is 29.1 Å². The third-order valence-electron chi connectivity index (χ3n) is 7.12. The molecule has 4 aliphatic rings. The minimum atomic E-state index is 0.0962. The number of carbonyl (C=O) groups excluding carboxylic acids is 1. The second kappa shape index (κ2) is 8.91. The van der Waals surface area contributed by atoms with E-state index in [1.54, 1.807) is 0 Å². The highest BCUT2D eigenvalue weighted by molar-refractivity contribution is 5.70. The molecular weight excluding hydrogens is 308 g/mol. The molecule has 2 heteroatoms. The van der Waals surface area contributed by atoms with Gasteiger partial charge < -0.3 is 4.74 Å². The molecule has 4 saturated carbocycles. The minimum absolute atomic E-state index is 0.0962. The maximum absolute atomic E-state index is 12.3. The summed E-state index contributed by atoms with van der Waals surface area (Å²) in [6.07, 6.45) is 18.0. The number of hydrogen-bond donors (Lipinski definition) is 0. The van der Waals surface area contributed by atoms with Gasteiger partial charge in [-0.1, -0.05) is 52.4 Å². The first-order valence-electron chi connectivity index (χ1n) is 11.2. The van der Waals surface area contributed by atoms with Crippen LogP contribution in [0.2, 0.25) is 0 Å². The fraction of sp³-hybridized carbons (Fsp3) is 0.957. The zero-order valence-electron chi connectivity index (χ0n) is 16.7. The van der Waals surface area contributed by atoms with E-state index in [2.05, 4.69) is 13.8 Å². The van der Waals surface area contributed by atoms with Crippen molar-refractivity contribution >= 4 is 5.97 Å². The van der Waals surface area contributed by atoms with Crippen molar-refractivity contribution in [3.63, 3.8) is 0 Å². The van der Waals surface area contributed by atoms with Gasteiger partial charge in [0.15, 0.2) is 0 Å². The Labute approximate surface area is 155 Å². The highest BCUT2D eigenvalue weighted by Gasteiger charge is 2.51. The molecule has 0 N–H and O–H groups in total. The Balaban J connectivity index is 1.23. The molecule has 0 aliphatic heterocycles. The van der Waals surface area contributed by atoms with Gasteiger partial charge >= 0.3 is 5.97 Å². The predicted molar refractivity (Wildman–Crippen MR) is 103 cm³/mol. The molecule has 0 spiro atoms. The number of carbonyl (C=O) groups is 1. The summed E-state index contributed by atoms with van der Waals surface area (Å²) in [5, 5.41) is 0. The molecule has 4 aliphatic carbocycles. The molecule has 0 amide bonds. The van der Waals surface area contributed by atoms with Crippen molar-refractivity contribution in [1.82, 2.24) is 0 Å². The summed E-state index contributed by atoms with van der Waals surface area (Å²) in [6, 6.07) is 0. The van der Waals surface area contributed by atoms with Gasteiger partial charge in [-0.25, -0.2) is 0 Å². The highest BCUT2D eigenvalue weighted by atomic mass is 16.5. The number of esters is 1. The molecule has 4 bridgehead atoms. The van der Waals surface area contributed by atoms with Gasteiger partial charge in [0, 0.05) is 0 Å². The molecule has 0 atom stereocenters. The van der Waals surface area contributed by atoms with E-state index in [0.717, 1.165) is 30.1 Å². The van der Waals surface area contributed by atoms with Crippen molar-refractivity contribution in [3.05, 3.63) is 0 Å². The van der Waals surface area contributed by atoms with Crippen molar-refractivity contribution < 1.29 is 9.53 Å². The summed E-state index contributed by atoms with van der Waals surface area (Å²) >= 11 is 0. The maximum atomic E-state index is 12.3. The zero-order chi connectivity index (χ0) is 17.7. The molecule has 25 heavy (non-hydrogen) atoms. The van der Waals surface area contributed by atoms with Gasteiger partial charge in [-0.2, -0.15) is 0 Å². The second-order valence-electron chi connectivity index (χ2n) is 10.1. The third kappa shape index (κ3) is 5.73. The van der Waals surface area contributed by atoms with Crippen LogP contribution in [-0.4, -0.2) is 12.6 Å². The van der Waals surface area contributed by atoms with Crippen molar-refractivity contribution in [1.29, 1.82) is 0 Å². The van der Waals surface area contributed by atoms with Gasteiger partial charge in [-0.15, -0.1) is 0 Å². The molecule has 4 rings (SSSR count). The van der Waals surface area contributed by atoms with Crippen molar-refractivity contribution in [2.75, 3.05) is 6.61 Å². The minimum Gasteiger partial charge on any atom is -0.466 e. The zero-order valence-corrected chi connectivity index (χ0v) is 16.7. The molecule has 0 aromatic rings. The van der Waals surface area contributed by atoms with Gasteiger partial charge in [0.05, 0.1) is 13.0 Å². The molecule has 0 unspecified atom stereocenters. The average Bonchev–Trinajstić information content (AvgIpc) is 2.51. The molecule has 0 radical (unpaired) electrons. The van der Waals surface area contributed by atoms with Crippen molar-refractivity contribution in [2.24, 2.45) is 29.1 Å². The van der Waals surface area contributed by atoms with Crippen LogP contribution in [0.5, 0.6) is 0 Å². The maximum Gasteiger partial charge on any atom is 0.306 e. The van der Waals surface area contributed by atoms with Crippen LogP contribution < -0.4 is 0 Å². The Morgan fingerprint density at radius 3 is 1.96 bits per heavy atom. The highest BCUT2D eigenvalue weighted by Crippen LogP contribution is 2.61. The number of unbranched alkanes of at least 4 members (excludes halogenated alkanes) is 5. The Kier molecular flexibility index (Phi) is 6.86. The van der Waals surface area contributed by atoms with Gasteiger partial charge in [-0.3, -0.25) is 4.79 Å². The summed E-state index contributed by atoms with van der Waals surface area (Å²) in [4.78, 5) is 12.3. The summed E-state index contributed by atoms with van der Waals surface area (Å²) in [7, 11) is 0. The Morgan fingerprint density at radius 2 is 1.40 bits per heavy atom. The fourth-order valence-electron chi connectivity index (χ4n) is 6.41. The molecule has 0 aromatic carbocycles. The average molecular weight is 349 g/mol. The molecular formula is C23H40O2. The lowest BCUT2D eigenvalue weighted by Gasteiger charge is -2.56. The Morgan fingerprint density at radius 1 is 0.880 bits per heavy atom. The number of rotatable bonds is 11. The Hall–Kier alpha value is -0.530. The van der Waals surface area contributed by atoms with E-state index in [1.807, 2.05) is 0 Å². The lowest BCUT2D eigenvalue weighted by atomic mass is 9.49. The lowest BCUT2D eigenvalue weighted by molar-refractivity contribution is -0.152. The van der Waals surface area contributed by atoms with Gasteiger partial charge in [-0.05, 0) is 74.0 Å². The largest absolute Gasteiger partial charge is 0.466 e. The van der Waals surface area contributed by atoms with Crippen LogP contribution in [-0.2, 0) is 9.53 Å². The van der Waals surface area contributed by atoms with E-state index < -0.39 is 0 Å². The first-order chi connectivity index (χ1) is 12.0. The smallest absolute Gasteiger partial charge is 0.306 e. The quantitative estimate of drug-likeness (QED) is 0.314. The predicted octanol–water partition coefficient (Wildman–Crippen LogP) is 6.52. The topological polar surface area (TPSA) is 26.3 Å². The van der Waals surface area contributed by atoms with Crippen LogP contribution in [0.15, 0.2) is 0 Å². The van der Waals surface area contributed by atoms with E-state index >= 15 is 0 Å². The van der Waals surface area contributed by atoms with Crippen molar-refractivity contribution in [2.45, 2.75) is 104 Å². The van der Waals surface area contributed by atoms with Crippen LogP contribution in [0.3, 0.4) is 0 Å². The van der Waals surface area contributed by atoms with Crippen LogP contribution in [0.1, 0.15) is 104 Å². The number of hydrogen-bond acceptors (Lipinski definition) is 2. The Bertz CT molecular complexity index is 391. The second-order valence-corrected chi connectivity index (χ2v) is 10.1. The van der Waals surface area contributed by atoms with Crippen molar-refractivity contribution in [3.8, 4) is 0 Å². The first-order valence-corrected chi connectivity index (χ1v) is 11.2. The van der Waals surface area contributed by atoms with E-state index in [4.69, 9.17) is 4.74 Å². The monoisotopic (exact) mass is 348 g/mol. The fourth-order valence-corrected chi connectivity index (χ4v) is 6.41. The first kappa shape index (κ1) is 19.2. The number of ether oxygens (including phenoxy) is 1. The summed E-state index contributed by atoms with van der Waals surface area (Å²) in [5.74, 6) is 3.71. The summed E-state index contributed by atoms with van der Waals surface area (Å²) < 4.78 is 5.60. The van der Waals surface area contributed by atoms with Crippen LogP contribution in [0.25, 0.3) is 0 Å². The molecule has 0 aromatic heterocycles. The molecule has 0 heterocycles. The van der Waals surface area contributed by atoms with Crippen LogP contribution >= 0.6 is 0 Å². The molecule has 144 valence electrons. The third-order valence-corrected chi connectivity index (χ3v) is 7.12. The molecule has 4 fully saturated rings. The summed E-state index contributed by atoms with van der Waals surface area (Å²) in [6.45, 7) is 5.26. The molecule has 2 nitrogen and oxygen atoms in total. The standard InChI is InChI=1S/C23H40O2/c1-18(2)9-7-5-3-4-6-8-10-25-22(24)17-23-14-19-11-20(15-23)13-21(12-19)16-23/h18-21H,3-17H2,1-2H3. The summed E-state index contributed by atoms with van der Waals surface area (Å²) in [5.41, 5.74) is 0.336. The normalized spacial score (nSPS) is 33.2. The van der Waals surface area contributed by atoms with E-state index in [0.29, 0.717) is 18.4 Å². The van der Waals surface area contributed by atoms with Crippen LogP contribution in [0.4, 0.5) is 0 Å².